The number of para-hydroxylation sites is 1. The Morgan fingerprint density at radius 3 is 2.74 bits per heavy atom. The summed E-state index contributed by atoms with van der Waals surface area (Å²) in [5.41, 5.74) is 1.38. The molecule has 3 nitrogen and oxygen atoms in total. The number of hydrogen-bond acceptors (Lipinski definition) is 2. The summed E-state index contributed by atoms with van der Waals surface area (Å²) in [7, 11) is 0. The molecule has 0 spiro atoms. The van der Waals surface area contributed by atoms with Crippen molar-refractivity contribution in [2.45, 2.75) is 25.8 Å². The fraction of sp³-hybridized carbons (Fsp3) is 0.312. The van der Waals surface area contributed by atoms with Crippen LogP contribution in [0.25, 0.3) is 17.0 Å². The van der Waals surface area contributed by atoms with Gasteiger partial charge in [-0.25, -0.2) is 0 Å². The molecule has 1 aliphatic heterocycles. The highest BCUT2D eigenvalue weighted by Gasteiger charge is 2.05. The molecule has 0 radical (unpaired) electrons. The lowest BCUT2D eigenvalue weighted by Crippen LogP contribution is -2.16. The molecule has 1 aliphatic rings. The predicted molar refractivity (Wildman–Crippen MR) is 81.4 cm³/mol. The van der Waals surface area contributed by atoms with Gasteiger partial charge in [-0.2, -0.15) is 0 Å². The normalized spacial score (nSPS) is 17.8. The number of pyridine rings is 1. The number of nitrogens with one attached hydrogen (secondary N) is 2. The predicted octanol–water partition coefficient (Wildman–Crippen LogP) is 2.93. The third kappa shape index (κ3) is 3.55. The van der Waals surface area contributed by atoms with Gasteiger partial charge in [-0.1, -0.05) is 30.9 Å². The van der Waals surface area contributed by atoms with E-state index in [2.05, 4.69) is 23.8 Å². The molecule has 0 aliphatic carbocycles. The zero-order valence-electron chi connectivity index (χ0n) is 11.3. The third-order valence-electron chi connectivity index (χ3n) is 3.31. The van der Waals surface area contributed by atoms with E-state index in [4.69, 9.17) is 0 Å². The highest BCUT2D eigenvalue weighted by atomic mass is 16.1. The maximum absolute atomic E-state index is 11.3. The molecule has 1 saturated heterocycles. The average Bonchev–Trinajstić information content (AvgIpc) is 2.90. The Bertz CT molecular complexity index is 609. The van der Waals surface area contributed by atoms with Crippen molar-refractivity contribution in [3.63, 3.8) is 0 Å². The Hall–Kier alpha value is -1.87. The van der Waals surface area contributed by atoms with Crippen LogP contribution in [0.2, 0.25) is 0 Å². The van der Waals surface area contributed by atoms with Crippen molar-refractivity contribution in [1.82, 2.24) is 10.3 Å². The summed E-state index contributed by atoms with van der Waals surface area (Å²) >= 11 is 0. The van der Waals surface area contributed by atoms with E-state index in [1.165, 1.54) is 19.4 Å². The summed E-state index contributed by atoms with van der Waals surface area (Å²) in [6.07, 6.45) is 4.31. The summed E-state index contributed by atoms with van der Waals surface area (Å²) in [4.78, 5) is 14.1. The second-order valence-electron chi connectivity index (χ2n) is 4.84. The second-order valence-corrected chi connectivity index (χ2v) is 4.84. The molecule has 3 heteroatoms. The minimum Gasteiger partial charge on any atom is -0.321 e. The smallest absolute Gasteiger partial charge is 0.255 e. The molecule has 1 aromatic carbocycles. The largest absolute Gasteiger partial charge is 0.321 e. The van der Waals surface area contributed by atoms with E-state index in [9.17, 15) is 4.79 Å². The number of aromatic nitrogens is 1. The maximum Gasteiger partial charge on any atom is 0.255 e. The minimum absolute atomic E-state index is 0.0892. The summed E-state index contributed by atoms with van der Waals surface area (Å²) in [5, 5.41) is 4.34. The number of benzene rings is 1. The second kappa shape index (κ2) is 6.34. The number of H-pyrrole nitrogens is 1. The van der Waals surface area contributed by atoms with Crippen molar-refractivity contribution >= 4 is 17.0 Å². The molecule has 1 aromatic heterocycles. The topological polar surface area (TPSA) is 44.9 Å². The first-order valence-corrected chi connectivity index (χ1v) is 6.68. The van der Waals surface area contributed by atoms with Gasteiger partial charge in [0.15, 0.2) is 0 Å². The van der Waals surface area contributed by atoms with Gasteiger partial charge in [0, 0.05) is 17.1 Å². The van der Waals surface area contributed by atoms with Gasteiger partial charge in [-0.3, -0.25) is 4.79 Å². The van der Waals surface area contributed by atoms with Gasteiger partial charge in [0.25, 0.3) is 5.56 Å². The van der Waals surface area contributed by atoms with Gasteiger partial charge in [0.2, 0.25) is 0 Å². The molecule has 2 N–H and O–H groups in total. The molecular weight excluding hydrogens is 236 g/mol. The highest BCUT2D eigenvalue weighted by Crippen LogP contribution is 2.10. The lowest BCUT2D eigenvalue weighted by molar-refractivity contribution is 0.664. The molecular formula is C16H20N2O. The summed E-state index contributed by atoms with van der Waals surface area (Å²) in [5.74, 6) is 0. The molecule has 2 aromatic rings. The van der Waals surface area contributed by atoms with Gasteiger partial charge >= 0.3 is 0 Å². The first-order valence-electron chi connectivity index (χ1n) is 6.68. The van der Waals surface area contributed by atoms with Crippen LogP contribution in [0.15, 0.2) is 41.7 Å². The summed E-state index contributed by atoms with van der Waals surface area (Å²) in [6.45, 7) is 7.05. The van der Waals surface area contributed by atoms with Gasteiger partial charge in [0.1, 0.15) is 0 Å². The van der Waals surface area contributed by atoms with Gasteiger partial charge in [-0.15, -0.1) is 0 Å². The average molecular weight is 256 g/mol. The van der Waals surface area contributed by atoms with Crippen LogP contribution in [0.5, 0.6) is 0 Å². The van der Waals surface area contributed by atoms with E-state index in [-0.39, 0.29) is 5.56 Å². The van der Waals surface area contributed by atoms with Crippen molar-refractivity contribution in [2.24, 2.45) is 0 Å². The van der Waals surface area contributed by atoms with Crippen LogP contribution in [0.4, 0.5) is 0 Å². The fourth-order valence-electron chi connectivity index (χ4n) is 2.17. The number of aromatic amines is 1. The molecule has 1 fully saturated rings. The zero-order chi connectivity index (χ0) is 13.7. The first-order chi connectivity index (χ1) is 9.20. The highest BCUT2D eigenvalue weighted by molar-refractivity contribution is 5.80. The van der Waals surface area contributed by atoms with Gasteiger partial charge in [0.05, 0.1) is 0 Å². The Kier molecular flexibility index (Phi) is 4.53. The fourth-order valence-corrected chi connectivity index (χ4v) is 2.17. The van der Waals surface area contributed by atoms with Crippen LogP contribution >= 0.6 is 0 Å². The zero-order valence-corrected chi connectivity index (χ0v) is 11.3. The van der Waals surface area contributed by atoms with Gasteiger partial charge < -0.3 is 10.3 Å². The molecule has 0 bridgehead atoms. The van der Waals surface area contributed by atoms with E-state index in [0.717, 1.165) is 16.9 Å². The Labute approximate surface area is 113 Å². The number of hydrogen-bond donors (Lipinski definition) is 2. The Morgan fingerprint density at radius 2 is 2.16 bits per heavy atom. The summed E-state index contributed by atoms with van der Waals surface area (Å²) < 4.78 is 0. The van der Waals surface area contributed by atoms with Crippen molar-refractivity contribution in [3.05, 3.63) is 52.8 Å². The van der Waals surface area contributed by atoms with Gasteiger partial charge in [-0.05, 0) is 43.8 Å². The van der Waals surface area contributed by atoms with Crippen LogP contribution in [0.3, 0.4) is 0 Å². The van der Waals surface area contributed by atoms with E-state index < -0.39 is 0 Å². The molecule has 0 amide bonds. The molecule has 100 valence electrons. The first kappa shape index (κ1) is 13.6. The third-order valence-corrected chi connectivity index (χ3v) is 3.31. The van der Waals surface area contributed by atoms with Crippen molar-refractivity contribution in [2.75, 3.05) is 6.54 Å². The Morgan fingerprint density at radius 1 is 1.37 bits per heavy atom. The molecule has 2 heterocycles. The maximum atomic E-state index is 11.3. The number of fused-ring (bicyclic) bond motifs is 1. The van der Waals surface area contributed by atoms with E-state index in [1.54, 1.807) is 6.08 Å². The lowest BCUT2D eigenvalue weighted by atomic mass is 10.1. The van der Waals surface area contributed by atoms with E-state index in [0.29, 0.717) is 5.56 Å². The standard InChI is InChI=1S/C11H9NO.C5H11N/c1-2-8-7-9-5-3-4-6-10(9)12-11(8)13;1-5-3-2-4-6-5/h2-7H,1H2,(H,12,13);5-6H,2-4H2,1H3. The van der Waals surface area contributed by atoms with Crippen LogP contribution in [-0.2, 0) is 0 Å². The Balaban J connectivity index is 0.000000186. The van der Waals surface area contributed by atoms with Crippen LogP contribution in [0.1, 0.15) is 25.3 Å². The van der Waals surface area contributed by atoms with E-state index in [1.807, 2.05) is 30.3 Å². The van der Waals surface area contributed by atoms with Crippen molar-refractivity contribution < 1.29 is 0 Å². The minimum atomic E-state index is -0.0892. The lowest BCUT2D eigenvalue weighted by Gasteiger charge is -1.97. The van der Waals surface area contributed by atoms with E-state index >= 15 is 0 Å². The summed E-state index contributed by atoms with van der Waals surface area (Å²) in [6, 6.07) is 10.3. The molecule has 3 rings (SSSR count). The molecule has 19 heavy (non-hydrogen) atoms. The molecule has 0 saturated carbocycles. The van der Waals surface area contributed by atoms with Crippen LogP contribution in [-0.4, -0.2) is 17.6 Å². The quantitative estimate of drug-likeness (QED) is 0.824. The number of rotatable bonds is 1. The van der Waals surface area contributed by atoms with Crippen LogP contribution in [0, 0.1) is 0 Å². The van der Waals surface area contributed by atoms with Crippen molar-refractivity contribution in [1.29, 1.82) is 0 Å². The van der Waals surface area contributed by atoms with Crippen LogP contribution < -0.4 is 10.9 Å². The van der Waals surface area contributed by atoms with Crippen molar-refractivity contribution in [3.8, 4) is 0 Å². The molecule has 1 atom stereocenters. The SMILES string of the molecule is C=Cc1cc2ccccc2[nH]c1=O.CC1CCCN1. The molecule has 1 unspecified atom stereocenters. The monoisotopic (exact) mass is 256 g/mol.